The molecule has 2 N–H and O–H groups in total. The summed E-state index contributed by atoms with van der Waals surface area (Å²) in [5, 5.41) is 5.45. The van der Waals surface area contributed by atoms with Crippen molar-refractivity contribution in [2.45, 2.75) is 19.3 Å². The maximum atomic E-state index is 12.0. The van der Waals surface area contributed by atoms with Crippen molar-refractivity contribution in [3.05, 3.63) is 59.7 Å². The summed E-state index contributed by atoms with van der Waals surface area (Å²) < 4.78 is 10.4. The highest BCUT2D eigenvalue weighted by Gasteiger charge is 2.09. The molecule has 2 amide bonds. The van der Waals surface area contributed by atoms with E-state index in [9.17, 15) is 9.59 Å². The van der Waals surface area contributed by atoms with Gasteiger partial charge in [-0.1, -0.05) is 36.4 Å². The van der Waals surface area contributed by atoms with Crippen LogP contribution >= 0.6 is 0 Å². The van der Waals surface area contributed by atoms with E-state index in [2.05, 4.69) is 22.8 Å². The summed E-state index contributed by atoms with van der Waals surface area (Å²) in [6.45, 7) is 0.552. The first-order valence-electron chi connectivity index (χ1n) is 8.90. The number of carbonyl (C=O) groups excluding carboxylic acids is 2. The minimum Gasteiger partial charge on any atom is -0.493 e. The molecule has 0 saturated heterocycles. The fraction of sp³-hybridized carbons (Fsp3) is 0.333. The molecule has 0 saturated carbocycles. The van der Waals surface area contributed by atoms with E-state index < -0.39 is 0 Å². The summed E-state index contributed by atoms with van der Waals surface area (Å²) in [4.78, 5) is 23.9. The van der Waals surface area contributed by atoms with E-state index in [1.807, 2.05) is 18.2 Å². The molecule has 0 atom stereocenters. The molecule has 2 aromatic carbocycles. The van der Waals surface area contributed by atoms with Gasteiger partial charge >= 0.3 is 0 Å². The predicted molar refractivity (Wildman–Crippen MR) is 104 cm³/mol. The van der Waals surface area contributed by atoms with Crippen molar-refractivity contribution >= 4 is 11.8 Å². The van der Waals surface area contributed by atoms with E-state index >= 15 is 0 Å². The van der Waals surface area contributed by atoms with Crippen LogP contribution in [0.4, 0.5) is 0 Å². The number of hydrogen-bond donors (Lipinski definition) is 2. The molecule has 0 unspecified atom stereocenters. The van der Waals surface area contributed by atoms with E-state index in [1.165, 1.54) is 5.56 Å². The Hall–Kier alpha value is -3.02. The number of rotatable bonds is 10. The maximum Gasteiger partial charge on any atom is 0.239 e. The highest BCUT2D eigenvalue weighted by molar-refractivity contribution is 5.85. The van der Waals surface area contributed by atoms with Gasteiger partial charge in [0.05, 0.1) is 27.2 Å². The number of carbonyl (C=O) groups is 2. The molecule has 6 nitrogen and oxygen atoms in total. The van der Waals surface area contributed by atoms with Gasteiger partial charge in [0.1, 0.15) is 0 Å². The zero-order valence-electron chi connectivity index (χ0n) is 15.8. The Bertz CT molecular complexity index is 747. The molecule has 6 heteroatoms. The summed E-state index contributed by atoms with van der Waals surface area (Å²) in [6.07, 6.45) is 1.93. The zero-order chi connectivity index (χ0) is 19.5. The van der Waals surface area contributed by atoms with Crippen LogP contribution in [0.2, 0.25) is 0 Å². The third-order valence-electron chi connectivity index (χ3n) is 4.07. The third kappa shape index (κ3) is 7.01. The van der Waals surface area contributed by atoms with E-state index in [0.29, 0.717) is 18.0 Å². The molecule has 0 bridgehead atoms. The lowest BCUT2D eigenvalue weighted by atomic mass is 10.1. The Morgan fingerprint density at radius 1 is 0.852 bits per heavy atom. The first-order valence-corrected chi connectivity index (χ1v) is 8.90. The van der Waals surface area contributed by atoms with Gasteiger partial charge in [0, 0.05) is 6.54 Å². The summed E-state index contributed by atoms with van der Waals surface area (Å²) in [5.41, 5.74) is 2.03. The summed E-state index contributed by atoms with van der Waals surface area (Å²) in [5.74, 6) is 0.765. The van der Waals surface area contributed by atoms with Gasteiger partial charge in [-0.2, -0.15) is 0 Å². The highest BCUT2D eigenvalue weighted by Crippen LogP contribution is 2.27. The molecule has 0 aliphatic heterocycles. The quantitative estimate of drug-likeness (QED) is 0.628. The molecule has 144 valence electrons. The van der Waals surface area contributed by atoms with Crippen LogP contribution in [0.1, 0.15) is 17.5 Å². The Morgan fingerprint density at radius 3 is 2.30 bits per heavy atom. The Morgan fingerprint density at radius 2 is 1.59 bits per heavy atom. The largest absolute Gasteiger partial charge is 0.493 e. The third-order valence-corrected chi connectivity index (χ3v) is 4.07. The average Bonchev–Trinajstić information content (AvgIpc) is 2.70. The van der Waals surface area contributed by atoms with Gasteiger partial charge < -0.3 is 20.1 Å². The molecule has 0 heterocycles. The van der Waals surface area contributed by atoms with E-state index in [-0.39, 0.29) is 24.8 Å². The molecule has 0 aliphatic carbocycles. The van der Waals surface area contributed by atoms with Gasteiger partial charge in [-0.05, 0) is 36.1 Å². The molecule has 2 rings (SSSR count). The summed E-state index contributed by atoms with van der Waals surface area (Å²) in [6, 6.07) is 15.4. The second-order valence-electron chi connectivity index (χ2n) is 6.08. The summed E-state index contributed by atoms with van der Waals surface area (Å²) in [7, 11) is 3.10. The second kappa shape index (κ2) is 10.9. The van der Waals surface area contributed by atoms with Gasteiger partial charge in [0.25, 0.3) is 0 Å². The highest BCUT2D eigenvalue weighted by atomic mass is 16.5. The normalized spacial score (nSPS) is 10.1. The SMILES string of the molecule is COc1ccc(CC(=O)NCC(=O)NCCCc2ccccc2)cc1OC. The van der Waals surface area contributed by atoms with E-state index in [1.54, 1.807) is 32.4 Å². The topological polar surface area (TPSA) is 76.7 Å². The first kappa shape index (κ1) is 20.3. The number of nitrogens with one attached hydrogen (secondary N) is 2. The minimum absolute atomic E-state index is 0.0303. The monoisotopic (exact) mass is 370 g/mol. The van der Waals surface area contributed by atoms with Crippen molar-refractivity contribution in [2.75, 3.05) is 27.3 Å². The molecule has 0 aliphatic rings. The lowest BCUT2D eigenvalue weighted by molar-refractivity contribution is -0.125. The molecule has 0 fully saturated rings. The molecule has 0 radical (unpaired) electrons. The van der Waals surface area contributed by atoms with Gasteiger partial charge in [-0.15, -0.1) is 0 Å². The molecule has 0 spiro atoms. The molecular weight excluding hydrogens is 344 g/mol. The van der Waals surface area contributed by atoms with Crippen LogP contribution < -0.4 is 20.1 Å². The number of hydrogen-bond acceptors (Lipinski definition) is 4. The smallest absolute Gasteiger partial charge is 0.239 e. The number of ether oxygens (including phenoxy) is 2. The summed E-state index contributed by atoms with van der Waals surface area (Å²) >= 11 is 0. The van der Waals surface area contributed by atoms with Crippen LogP contribution in [0.3, 0.4) is 0 Å². The van der Waals surface area contributed by atoms with Gasteiger partial charge in [-0.3, -0.25) is 9.59 Å². The molecule has 2 aromatic rings. The van der Waals surface area contributed by atoms with Crippen molar-refractivity contribution in [1.29, 1.82) is 0 Å². The molecule has 27 heavy (non-hydrogen) atoms. The van der Waals surface area contributed by atoms with Crippen molar-refractivity contribution < 1.29 is 19.1 Å². The first-order chi connectivity index (χ1) is 13.1. The van der Waals surface area contributed by atoms with Crippen molar-refractivity contribution in [3.63, 3.8) is 0 Å². The van der Waals surface area contributed by atoms with Crippen molar-refractivity contribution in [1.82, 2.24) is 10.6 Å². The van der Waals surface area contributed by atoms with E-state index in [0.717, 1.165) is 18.4 Å². The second-order valence-corrected chi connectivity index (χ2v) is 6.08. The Kier molecular flexibility index (Phi) is 8.16. The molecular formula is C21H26N2O4. The van der Waals surface area contributed by atoms with Crippen LogP contribution in [0.15, 0.2) is 48.5 Å². The van der Waals surface area contributed by atoms with Gasteiger partial charge in [0.15, 0.2) is 11.5 Å². The Balaban J connectivity index is 1.66. The van der Waals surface area contributed by atoms with Gasteiger partial charge in [0.2, 0.25) is 11.8 Å². The number of methoxy groups -OCH3 is 2. The lowest BCUT2D eigenvalue weighted by Crippen LogP contribution is -2.38. The van der Waals surface area contributed by atoms with Crippen LogP contribution in [0.25, 0.3) is 0 Å². The fourth-order valence-electron chi connectivity index (χ4n) is 2.64. The van der Waals surface area contributed by atoms with Crippen LogP contribution in [0, 0.1) is 0 Å². The van der Waals surface area contributed by atoms with Crippen molar-refractivity contribution in [2.24, 2.45) is 0 Å². The van der Waals surface area contributed by atoms with Gasteiger partial charge in [-0.25, -0.2) is 0 Å². The molecule has 0 aromatic heterocycles. The average molecular weight is 370 g/mol. The predicted octanol–water partition coefficient (Wildman–Crippen LogP) is 2.11. The fourth-order valence-corrected chi connectivity index (χ4v) is 2.64. The lowest BCUT2D eigenvalue weighted by Gasteiger charge is -2.10. The Labute approximate surface area is 159 Å². The zero-order valence-corrected chi connectivity index (χ0v) is 15.8. The minimum atomic E-state index is -0.221. The number of benzene rings is 2. The van der Waals surface area contributed by atoms with Crippen LogP contribution in [-0.2, 0) is 22.4 Å². The van der Waals surface area contributed by atoms with Crippen LogP contribution in [-0.4, -0.2) is 39.1 Å². The standard InChI is InChI=1S/C21H26N2O4/c1-26-18-11-10-17(13-19(18)27-2)14-20(24)23-15-21(25)22-12-6-9-16-7-4-3-5-8-16/h3-5,7-8,10-11,13H,6,9,12,14-15H2,1-2H3,(H,22,25)(H,23,24). The maximum absolute atomic E-state index is 12.0. The van der Waals surface area contributed by atoms with Crippen molar-refractivity contribution in [3.8, 4) is 11.5 Å². The van der Waals surface area contributed by atoms with Crippen LogP contribution in [0.5, 0.6) is 11.5 Å². The van der Waals surface area contributed by atoms with E-state index in [4.69, 9.17) is 9.47 Å². The number of amides is 2. The number of aryl methyl sites for hydroxylation is 1.